The van der Waals surface area contributed by atoms with Crippen molar-refractivity contribution in [1.29, 1.82) is 0 Å². The molecule has 0 bridgehead atoms. The maximum absolute atomic E-state index is 5.70. The lowest BCUT2D eigenvalue weighted by Crippen LogP contribution is -2.08. The van der Waals surface area contributed by atoms with Gasteiger partial charge in [0.25, 0.3) is 0 Å². The normalized spacial score (nSPS) is 10.7. The molecule has 5 nitrogen and oxygen atoms in total. The van der Waals surface area contributed by atoms with Crippen LogP contribution in [0.4, 0.5) is 0 Å². The van der Waals surface area contributed by atoms with Crippen LogP contribution in [-0.4, -0.2) is 45.6 Å². The van der Waals surface area contributed by atoms with Crippen LogP contribution in [0.2, 0.25) is 0 Å². The Kier molecular flexibility index (Phi) is 5.58. The highest BCUT2D eigenvalue weighted by Crippen LogP contribution is 2.31. The first-order chi connectivity index (χ1) is 9.85. The predicted octanol–water partition coefficient (Wildman–Crippen LogP) is 2.29. The summed E-state index contributed by atoms with van der Waals surface area (Å²) in [7, 11) is 3.28. The average Bonchev–Trinajstić information content (AvgIpc) is 2.48. The zero-order valence-electron chi connectivity index (χ0n) is 11.8. The lowest BCUT2D eigenvalue weighted by atomic mass is 10.2. The van der Waals surface area contributed by atoms with Gasteiger partial charge in [0.05, 0.1) is 18.7 Å². The molecule has 0 saturated carbocycles. The van der Waals surface area contributed by atoms with Crippen LogP contribution in [0.3, 0.4) is 0 Å². The summed E-state index contributed by atoms with van der Waals surface area (Å²) in [5, 5.41) is 1.01. The summed E-state index contributed by atoms with van der Waals surface area (Å²) in [5.41, 5.74) is 0.874. The molecule has 0 N–H and O–H groups in total. The van der Waals surface area contributed by atoms with Gasteiger partial charge >= 0.3 is 0 Å². The summed E-state index contributed by atoms with van der Waals surface area (Å²) in [4.78, 5) is 4.32. The number of ether oxygens (including phenoxy) is 4. The van der Waals surface area contributed by atoms with Gasteiger partial charge in [0.2, 0.25) is 0 Å². The summed E-state index contributed by atoms with van der Waals surface area (Å²) in [6, 6.07) is 7.70. The van der Waals surface area contributed by atoms with Crippen LogP contribution in [0.15, 0.2) is 30.5 Å². The summed E-state index contributed by atoms with van der Waals surface area (Å²) >= 11 is 0. The molecule has 2 aromatic rings. The molecule has 0 amide bonds. The fourth-order valence-corrected chi connectivity index (χ4v) is 1.78. The Morgan fingerprint density at radius 2 is 1.55 bits per heavy atom. The summed E-state index contributed by atoms with van der Waals surface area (Å²) in [6.07, 6.45) is 1.76. The van der Waals surface area contributed by atoms with Crippen LogP contribution in [0.1, 0.15) is 0 Å². The number of hydrogen-bond donors (Lipinski definition) is 0. The number of aromatic nitrogens is 1. The third-order valence-electron chi connectivity index (χ3n) is 2.76. The Bertz CT molecular complexity index is 496. The zero-order valence-corrected chi connectivity index (χ0v) is 11.8. The number of pyridine rings is 1. The van der Waals surface area contributed by atoms with Gasteiger partial charge in [0, 0.05) is 31.9 Å². The Morgan fingerprint density at radius 1 is 0.900 bits per heavy atom. The van der Waals surface area contributed by atoms with E-state index in [0.29, 0.717) is 37.9 Å². The Balaban J connectivity index is 2.21. The molecule has 108 valence electrons. The van der Waals surface area contributed by atoms with Crippen molar-refractivity contribution < 1.29 is 18.9 Å². The van der Waals surface area contributed by atoms with Crippen molar-refractivity contribution in [2.75, 3.05) is 40.6 Å². The molecule has 5 heteroatoms. The molecule has 0 aliphatic heterocycles. The highest BCUT2D eigenvalue weighted by atomic mass is 16.5. The topological polar surface area (TPSA) is 49.8 Å². The molecular formula is C15H19NO4. The molecular weight excluding hydrogens is 258 g/mol. The lowest BCUT2D eigenvalue weighted by molar-refractivity contribution is 0.132. The quantitative estimate of drug-likeness (QED) is 0.693. The van der Waals surface area contributed by atoms with E-state index in [1.165, 1.54) is 0 Å². The third kappa shape index (κ3) is 3.82. The number of benzene rings is 1. The highest BCUT2D eigenvalue weighted by molar-refractivity contribution is 5.82. The van der Waals surface area contributed by atoms with Crippen LogP contribution in [-0.2, 0) is 9.47 Å². The van der Waals surface area contributed by atoms with E-state index in [1.807, 2.05) is 24.3 Å². The number of nitrogens with zero attached hydrogens (tertiary/aromatic N) is 1. The summed E-state index contributed by atoms with van der Waals surface area (Å²) in [6.45, 7) is 2.00. The SMILES string of the molecule is COCCOc1cc2cccnc2cc1OCCOC. The van der Waals surface area contributed by atoms with Crippen LogP contribution >= 0.6 is 0 Å². The van der Waals surface area contributed by atoms with Gasteiger partial charge in [-0.05, 0) is 12.1 Å². The lowest BCUT2D eigenvalue weighted by Gasteiger charge is -2.13. The van der Waals surface area contributed by atoms with Gasteiger partial charge in [-0.2, -0.15) is 0 Å². The minimum atomic E-state index is 0.468. The molecule has 0 unspecified atom stereocenters. The van der Waals surface area contributed by atoms with E-state index in [0.717, 1.165) is 10.9 Å². The van der Waals surface area contributed by atoms with E-state index in [2.05, 4.69) is 4.98 Å². The molecule has 0 atom stereocenters. The molecule has 0 spiro atoms. The van der Waals surface area contributed by atoms with Gasteiger partial charge in [-0.25, -0.2) is 0 Å². The number of methoxy groups -OCH3 is 2. The molecule has 20 heavy (non-hydrogen) atoms. The van der Waals surface area contributed by atoms with E-state index in [4.69, 9.17) is 18.9 Å². The molecule has 1 aromatic heterocycles. The van der Waals surface area contributed by atoms with Crippen LogP contribution in [0.5, 0.6) is 11.5 Å². The van der Waals surface area contributed by atoms with E-state index >= 15 is 0 Å². The van der Waals surface area contributed by atoms with E-state index in [9.17, 15) is 0 Å². The van der Waals surface area contributed by atoms with Gasteiger partial charge in [0.15, 0.2) is 11.5 Å². The standard InChI is InChI=1S/C15H19NO4/c1-17-6-8-19-14-10-12-4-3-5-16-13(12)11-15(14)20-9-7-18-2/h3-5,10-11H,6-9H2,1-2H3. The largest absolute Gasteiger partial charge is 0.487 e. The van der Waals surface area contributed by atoms with Crippen molar-refractivity contribution in [3.8, 4) is 11.5 Å². The third-order valence-corrected chi connectivity index (χ3v) is 2.76. The van der Waals surface area contributed by atoms with Gasteiger partial charge in [-0.3, -0.25) is 4.98 Å². The zero-order chi connectivity index (χ0) is 14.2. The second kappa shape index (κ2) is 7.67. The van der Waals surface area contributed by atoms with Crippen LogP contribution < -0.4 is 9.47 Å². The van der Waals surface area contributed by atoms with Gasteiger partial charge in [0.1, 0.15) is 13.2 Å². The molecule has 1 aromatic carbocycles. The molecule has 0 aliphatic carbocycles. The van der Waals surface area contributed by atoms with Gasteiger partial charge in [-0.15, -0.1) is 0 Å². The van der Waals surface area contributed by atoms with Crippen LogP contribution in [0.25, 0.3) is 10.9 Å². The van der Waals surface area contributed by atoms with Gasteiger partial charge < -0.3 is 18.9 Å². The fourth-order valence-electron chi connectivity index (χ4n) is 1.78. The smallest absolute Gasteiger partial charge is 0.163 e. The first-order valence-corrected chi connectivity index (χ1v) is 6.47. The van der Waals surface area contributed by atoms with E-state index in [1.54, 1.807) is 20.4 Å². The molecule has 0 radical (unpaired) electrons. The molecule has 2 rings (SSSR count). The first kappa shape index (κ1) is 14.6. The van der Waals surface area contributed by atoms with Crippen molar-refractivity contribution in [3.05, 3.63) is 30.5 Å². The van der Waals surface area contributed by atoms with Crippen molar-refractivity contribution >= 4 is 10.9 Å². The van der Waals surface area contributed by atoms with Crippen molar-refractivity contribution in [1.82, 2.24) is 4.98 Å². The second-order valence-electron chi connectivity index (χ2n) is 4.18. The van der Waals surface area contributed by atoms with Crippen molar-refractivity contribution in [2.24, 2.45) is 0 Å². The molecule has 0 fully saturated rings. The maximum Gasteiger partial charge on any atom is 0.163 e. The minimum absolute atomic E-state index is 0.468. The monoisotopic (exact) mass is 277 g/mol. The Labute approximate surface area is 118 Å². The second-order valence-corrected chi connectivity index (χ2v) is 4.18. The first-order valence-electron chi connectivity index (χ1n) is 6.47. The maximum atomic E-state index is 5.70. The highest BCUT2D eigenvalue weighted by Gasteiger charge is 2.08. The Morgan fingerprint density at radius 3 is 2.20 bits per heavy atom. The molecule has 0 aliphatic rings. The van der Waals surface area contributed by atoms with Crippen molar-refractivity contribution in [3.63, 3.8) is 0 Å². The molecule has 0 saturated heterocycles. The Hall–Kier alpha value is -1.85. The fraction of sp³-hybridized carbons (Fsp3) is 0.400. The summed E-state index contributed by atoms with van der Waals surface area (Å²) < 4.78 is 21.4. The number of hydrogen-bond acceptors (Lipinski definition) is 5. The molecule has 1 heterocycles. The van der Waals surface area contributed by atoms with E-state index in [-0.39, 0.29) is 0 Å². The predicted molar refractivity (Wildman–Crippen MR) is 76.5 cm³/mol. The average molecular weight is 277 g/mol. The van der Waals surface area contributed by atoms with Gasteiger partial charge in [-0.1, -0.05) is 6.07 Å². The minimum Gasteiger partial charge on any atom is -0.487 e. The number of fused-ring (bicyclic) bond motifs is 1. The van der Waals surface area contributed by atoms with Crippen molar-refractivity contribution in [2.45, 2.75) is 0 Å². The van der Waals surface area contributed by atoms with Crippen LogP contribution in [0, 0.1) is 0 Å². The van der Waals surface area contributed by atoms with E-state index < -0.39 is 0 Å². The summed E-state index contributed by atoms with van der Waals surface area (Å²) in [5.74, 6) is 1.36. The number of rotatable bonds is 8.